The number of benzene rings is 4. The van der Waals surface area contributed by atoms with Gasteiger partial charge in [0, 0.05) is 27.6 Å². The maximum Gasteiger partial charge on any atom is 0.272 e. The van der Waals surface area contributed by atoms with Crippen molar-refractivity contribution in [1.82, 2.24) is 5.32 Å². The molecule has 47 heavy (non-hydrogen) atoms. The van der Waals surface area contributed by atoms with Crippen molar-refractivity contribution < 1.29 is 33.4 Å². The quantitative estimate of drug-likeness (QED) is 0.150. The predicted molar refractivity (Wildman–Crippen MR) is 179 cm³/mol. The number of ether oxygens (including phenoxy) is 3. The first-order chi connectivity index (χ1) is 22.7. The van der Waals surface area contributed by atoms with Gasteiger partial charge in [-0.1, -0.05) is 47.5 Å². The van der Waals surface area contributed by atoms with Gasteiger partial charge < -0.3 is 24.8 Å². The lowest BCUT2D eigenvalue weighted by Crippen LogP contribution is -2.31. The third kappa shape index (κ3) is 7.07. The van der Waals surface area contributed by atoms with Crippen LogP contribution in [0.3, 0.4) is 0 Å². The molecule has 1 atom stereocenters. The Kier molecular flexibility index (Phi) is 9.39. The van der Waals surface area contributed by atoms with Crippen molar-refractivity contribution in [2.75, 3.05) is 24.1 Å². The molecule has 2 aliphatic heterocycles. The van der Waals surface area contributed by atoms with Crippen LogP contribution in [0.4, 0.5) is 11.4 Å². The second-order valence-electron chi connectivity index (χ2n) is 10.3. The summed E-state index contributed by atoms with van der Waals surface area (Å²) in [6, 6.07) is 23.2. The number of hydrogen-bond acceptors (Lipinski definition) is 8. The topological polar surface area (TPSA) is 123 Å². The van der Waals surface area contributed by atoms with Crippen LogP contribution in [0.15, 0.2) is 95.5 Å². The summed E-state index contributed by atoms with van der Waals surface area (Å²) in [5.74, 6) is -0.636. The average molecular weight is 691 g/mol. The van der Waals surface area contributed by atoms with E-state index >= 15 is 0 Å². The summed E-state index contributed by atoms with van der Waals surface area (Å²) in [5.41, 5.74) is 1.45. The van der Waals surface area contributed by atoms with E-state index in [-0.39, 0.29) is 29.6 Å². The molecule has 0 bridgehead atoms. The Labute approximate surface area is 283 Å². The molecule has 4 aromatic carbocycles. The largest absolute Gasteiger partial charge is 0.493 e. The molecule has 0 unspecified atom stereocenters. The van der Waals surface area contributed by atoms with Crippen LogP contribution in [0.1, 0.15) is 22.3 Å². The van der Waals surface area contributed by atoms with E-state index in [9.17, 15) is 19.2 Å². The van der Waals surface area contributed by atoms with Crippen molar-refractivity contribution in [3.8, 4) is 17.2 Å². The van der Waals surface area contributed by atoms with Crippen LogP contribution in [0.2, 0.25) is 10.0 Å². The van der Waals surface area contributed by atoms with Crippen molar-refractivity contribution in [2.24, 2.45) is 0 Å². The van der Waals surface area contributed by atoms with E-state index in [1.54, 1.807) is 72.8 Å². The lowest BCUT2D eigenvalue weighted by atomic mass is 10.1. The van der Waals surface area contributed by atoms with E-state index in [0.717, 1.165) is 4.90 Å². The Morgan fingerprint density at radius 1 is 0.979 bits per heavy atom. The minimum Gasteiger partial charge on any atom is -0.493 e. The number of amides is 4. The molecule has 0 saturated carbocycles. The number of nitrogens with one attached hydrogen (secondary N) is 2. The maximum atomic E-state index is 13.7. The van der Waals surface area contributed by atoms with Crippen molar-refractivity contribution in [3.63, 3.8) is 0 Å². The molecule has 238 valence electrons. The van der Waals surface area contributed by atoms with Crippen LogP contribution >= 0.6 is 35.0 Å². The molecular formula is C34H25Cl2N3O7S. The Morgan fingerprint density at radius 2 is 1.79 bits per heavy atom. The summed E-state index contributed by atoms with van der Waals surface area (Å²) in [6.45, 7) is 0.0261. The fraction of sp³-hybridized carbons (Fsp3) is 0.118. The van der Waals surface area contributed by atoms with Crippen molar-refractivity contribution in [1.29, 1.82) is 0 Å². The van der Waals surface area contributed by atoms with Crippen molar-refractivity contribution in [3.05, 3.63) is 112 Å². The Bertz CT molecular complexity index is 1940. The minimum atomic E-state index is -0.717. The summed E-state index contributed by atoms with van der Waals surface area (Å²) in [5, 5.41) is 5.38. The fourth-order valence-electron chi connectivity index (χ4n) is 4.96. The lowest BCUT2D eigenvalue weighted by molar-refractivity contribution is -0.121. The molecule has 13 heteroatoms. The first kappa shape index (κ1) is 32.0. The molecule has 6 rings (SSSR count). The minimum absolute atomic E-state index is 0.0261. The number of anilines is 2. The van der Waals surface area contributed by atoms with E-state index < -0.39 is 28.9 Å². The Balaban J connectivity index is 1.23. The number of fused-ring (bicyclic) bond motifs is 1. The maximum absolute atomic E-state index is 13.7. The van der Waals surface area contributed by atoms with Crippen molar-refractivity contribution in [2.45, 2.75) is 16.6 Å². The monoisotopic (exact) mass is 689 g/mol. The van der Waals surface area contributed by atoms with Gasteiger partial charge in [-0.3, -0.25) is 19.2 Å². The standard InChI is InChI=1S/C34H25Cl2N3O7S/c1-44-27-13-19(14-28-31(27)46-18-45-28)12-25(38-32(41)20-6-3-2-4-7-20)33(42)37-22-8-5-9-23(16-22)47-29-17-30(40)39(34(29)43)26-15-21(35)10-11-24(26)36/h2-16,29H,17-18H2,1H3,(H,37,42)(H,38,41)/b25-12-/t29-/m0/s1. The molecule has 1 saturated heterocycles. The molecule has 0 aromatic heterocycles. The number of carbonyl (C=O) groups is 4. The third-order valence-corrected chi connectivity index (χ3v) is 8.88. The first-order valence-corrected chi connectivity index (χ1v) is 15.8. The second-order valence-corrected chi connectivity index (χ2v) is 12.4. The number of hydrogen-bond donors (Lipinski definition) is 2. The van der Waals surface area contributed by atoms with Gasteiger partial charge in [0.2, 0.25) is 24.4 Å². The highest BCUT2D eigenvalue weighted by molar-refractivity contribution is 8.00. The SMILES string of the molecule is COc1cc(/C=C(\NC(=O)c2ccccc2)C(=O)Nc2cccc(S[C@H]3CC(=O)N(c4cc(Cl)ccc4Cl)C3=O)c2)cc2c1OCO2. The second kappa shape index (κ2) is 13.8. The summed E-state index contributed by atoms with van der Waals surface area (Å²) in [6.07, 6.45) is 1.46. The van der Waals surface area contributed by atoms with Crippen LogP contribution < -0.4 is 29.7 Å². The summed E-state index contributed by atoms with van der Waals surface area (Å²) >= 11 is 13.5. The molecular weight excluding hydrogens is 665 g/mol. The molecule has 0 aliphatic carbocycles. The van der Waals surface area contributed by atoms with E-state index in [4.69, 9.17) is 37.4 Å². The molecule has 10 nitrogen and oxygen atoms in total. The lowest BCUT2D eigenvalue weighted by Gasteiger charge is -2.17. The highest BCUT2D eigenvalue weighted by atomic mass is 35.5. The van der Waals surface area contributed by atoms with Gasteiger partial charge in [-0.15, -0.1) is 11.8 Å². The highest BCUT2D eigenvalue weighted by Gasteiger charge is 2.41. The predicted octanol–water partition coefficient (Wildman–Crippen LogP) is 6.56. The highest BCUT2D eigenvalue weighted by Crippen LogP contribution is 2.42. The van der Waals surface area contributed by atoms with Crippen LogP contribution in [0.25, 0.3) is 6.08 Å². The van der Waals surface area contributed by atoms with E-state index in [1.807, 2.05) is 0 Å². The van der Waals surface area contributed by atoms with Gasteiger partial charge in [-0.2, -0.15) is 0 Å². The van der Waals surface area contributed by atoms with Gasteiger partial charge in [0.05, 0.1) is 23.1 Å². The summed E-state index contributed by atoms with van der Waals surface area (Å²) in [4.78, 5) is 54.6. The molecule has 4 aromatic rings. The van der Waals surface area contributed by atoms with Crippen LogP contribution in [0, 0.1) is 0 Å². The Morgan fingerprint density at radius 3 is 2.57 bits per heavy atom. The van der Waals surface area contributed by atoms with Gasteiger partial charge in [0.1, 0.15) is 5.70 Å². The zero-order chi connectivity index (χ0) is 33.1. The van der Waals surface area contributed by atoms with Gasteiger partial charge in [-0.25, -0.2) is 4.90 Å². The summed E-state index contributed by atoms with van der Waals surface area (Å²) in [7, 11) is 1.49. The van der Waals surface area contributed by atoms with E-state index in [2.05, 4.69) is 10.6 Å². The number of halogens is 2. The molecule has 1 fully saturated rings. The molecule has 0 radical (unpaired) electrons. The van der Waals surface area contributed by atoms with Crippen LogP contribution in [0.5, 0.6) is 17.2 Å². The summed E-state index contributed by atoms with van der Waals surface area (Å²) < 4.78 is 16.4. The van der Waals surface area contributed by atoms with Crippen LogP contribution in [-0.2, 0) is 14.4 Å². The van der Waals surface area contributed by atoms with Gasteiger partial charge >= 0.3 is 0 Å². The molecule has 4 amide bonds. The molecule has 2 N–H and O–H groups in total. The molecule has 0 spiro atoms. The number of carbonyl (C=O) groups excluding carboxylic acids is 4. The average Bonchev–Trinajstić information content (AvgIpc) is 3.65. The molecule has 2 aliphatic rings. The van der Waals surface area contributed by atoms with E-state index in [1.165, 1.54) is 37.1 Å². The van der Waals surface area contributed by atoms with Gasteiger partial charge in [0.25, 0.3) is 11.8 Å². The van der Waals surface area contributed by atoms with Crippen LogP contribution in [-0.4, -0.2) is 42.8 Å². The number of thioether (sulfide) groups is 1. The number of rotatable bonds is 9. The Hall–Kier alpha value is -4.97. The van der Waals surface area contributed by atoms with Crippen molar-refractivity contribution >= 4 is 76.0 Å². The van der Waals surface area contributed by atoms with Gasteiger partial charge in [0.15, 0.2) is 11.5 Å². The van der Waals surface area contributed by atoms with E-state index in [0.29, 0.717) is 44.0 Å². The zero-order valence-corrected chi connectivity index (χ0v) is 26.9. The smallest absolute Gasteiger partial charge is 0.272 e. The van der Waals surface area contributed by atoms with Gasteiger partial charge in [-0.05, 0) is 72.3 Å². The number of methoxy groups -OCH3 is 1. The molecule has 2 heterocycles. The first-order valence-electron chi connectivity index (χ1n) is 14.2. The zero-order valence-electron chi connectivity index (χ0n) is 24.6. The third-order valence-electron chi connectivity index (χ3n) is 7.15. The fourth-order valence-corrected chi connectivity index (χ4v) is 6.44. The number of imide groups is 1. The normalized spacial score (nSPS) is 15.5. The number of nitrogens with zero attached hydrogens (tertiary/aromatic N) is 1.